The van der Waals surface area contributed by atoms with Crippen LogP contribution in [0.4, 0.5) is 5.69 Å². The van der Waals surface area contributed by atoms with Crippen LogP contribution in [0.15, 0.2) is 41.7 Å². The molecule has 128 valence electrons. The third-order valence-electron chi connectivity index (χ3n) is 3.40. The number of carbonyl (C=O) groups is 1. The molecular formula is C16H15ClN6OS. The lowest BCUT2D eigenvalue weighted by Crippen LogP contribution is -2.15. The average molecular weight is 375 g/mol. The number of nitrogens with one attached hydrogen (secondary N) is 1. The van der Waals surface area contributed by atoms with Crippen LogP contribution in [-0.2, 0) is 4.79 Å². The lowest BCUT2D eigenvalue weighted by Gasteiger charge is -2.09. The van der Waals surface area contributed by atoms with Gasteiger partial charge in [-0.2, -0.15) is 4.68 Å². The first kappa shape index (κ1) is 17.4. The van der Waals surface area contributed by atoms with Gasteiger partial charge < -0.3 is 5.32 Å². The van der Waals surface area contributed by atoms with Gasteiger partial charge in [-0.05, 0) is 53.6 Å². The largest absolute Gasteiger partial charge is 0.323 e. The molecule has 0 spiro atoms. The number of aryl methyl sites for hydroxylation is 2. The summed E-state index contributed by atoms with van der Waals surface area (Å²) < 4.78 is 1.64. The highest BCUT2D eigenvalue weighted by molar-refractivity contribution is 7.99. The molecule has 0 atom stereocenters. The van der Waals surface area contributed by atoms with E-state index in [0.717, 1.165) is 16.8 Å². The fraction of sp³-hybridized carbons (Fsp3) is 0.188. The number of amides is 1. The number of carbonyl (C=O) groups excluding carboxylic acids is 1. The minimum Gasteiger partial charge on any atom is -0.323 e. The van der Waals surface area contributed by atoms with Crippen LogP contribution in [0, 0.1) is 13.8 Å². The molecule has 0 saturated carbocycles. The maximum Gasteiger partial charge on any atom is 0.234 e. The monoisotopic (exact) mass is 374 g/mol. The minimum atomic E-state index is -0.213. The summed E-state index contributed by atoms with van der Waals surface area (Å²) in [7, 11) is 0. The second-order valence-corrected chi connectivity index (χ2v) is 6.64. The zero-order valence-electron chi connectivity index (χ0n) is 13.6. The molecule has 0 aliphatic heterocycles. The highest BCUT2D eigenvalue weighted by Crippen LogP contribution is 2.22. The van der Waals surface area contributed by atoms with Gasteiger partial charge in [0.1, 0.15) is 0 Å². The molecule has 2 aromatic heterocycles. The second-order valence-electron chi connectivity index (χ2n) is 5.34. The Bertz CT molecular complexity index is 913. The lowest BCUT2D eigenvalue weighted by atomic mass is 10.1. The molecule has 9 heteroatoms. The summed E-state index contributed by atoms with van der Waals surface area (Å²) in [5.41, 5.74) is 3.52. The smallest absolute Gasteiger partial charge is 0.234 e. The van der Waals surface area contributed by atoms with Crippen LogP contribution in [0.2, 0.25) is 5.15 Å². The predicted molar refractivity (Wildman–Crippen MR) is 97.2 cm³/mol. The van der Waals surface area contributed by atoms with Crippen molar-refractivity contribution >= 4 is 35.0 Å². The molecule has 1 aromatic carbocycles. The molecule has 3 rings (SSSR count). The molecule has 1 amide bonds. The Hall–Kier alpha value is -2.45. The number of aromatic nitrogens is 5. The van der Waals surface area contributed by atoms with E-state index in [1.807, 2.05) is 32.0 Å². The van der Waals surface area contributed by atoms with Crippen LogP contribution in [0.3, 0.4) is 0 Å². The summed E-state index contributed by atoms with van der Waals surface area (Å²) in [5, 5.41) is 15.3. The Labute approximate surface area is 153 Å². The number of benzene rings is 1. The van der Waals surface area contributed by atoms with Crippen molar-refractivity contribution in [1.82, 2.24) is 25.2 Å². The summed E-state index contributed by atoms with van der Waals surface area (Å²) >= 11 is 7.18. The molecule has 1 N–H and O–H groups in total. The zero-order valence-corrected chi connectivity index (χ0v) is 15.2. The van der Waals surface area contributed by atoms with Gasteiger partial charge in [0, 0.05) is 6.20 Å². The number of hydrogen-bond acceptors (Lipinski definition) is 6. The van der Waals surface area contributed by atoms with E-state index in [1.54, 1.807) is 23.0 Å². The maximum atomic E-state index is 12.1. The van der Waals surface area contributed by atoms with Crippen molar-refractivity contribution < 1.29 is 4.79 Å². The van der Waals surface area contributed by atoms with Gasteiger partial charge in [-0.1, -0.05) is 35.5 Å². The van der Waals surface area contributed by atoms with E-state index in [-0.39, 0.29) is 16.8 Å². The summed E-state index contributed by atoms with van der Waals surface area (Å²) in [6, 6.07) is 9.44. The summed E-state index contributed by atoms with van der Waals surface area (Å²) in [5.74, 6) is -0.0633. The van der Waals surface area contributed by atoms with Crippen LogP contribution in [-0.4, -0.2) is 36.9 Å². The van der Waals surface area contributed by atoms with Crippen molar-refractivity contribution in [3.05, 3.63) is 52.8 Å². The van der Waals surface area contributed by atoms with Gasteiger partial charge in [-0.15, -0.1) is 5.10 Å². The first-order valence-corrected chi connectivity index (χ1v) is 8.80. The molecule has 3 aromatic rings. The van der Waals surface area contributed by atoms with Crippen LogP contribution >= 0.6 is 23.4 Å². The standard InChI is InChI=1S/C16H15ClN6OS/c1-10-5-6-11(2)13(8-10)23-16(20-21-22-23)25-9-14(24)19-12-4-3-7-18-15(12)17/h3-8H,9H2,1-2H3,(H,19,24). The molecule has 2 heterocycles. The highest BCUT2D eigenvalue weighted by Gasteiger charge is 2.14. The number of tetrazole rings is 1. The molecule has 7 nitrogen and oxygen atoms in total. The van der Waals surface area contributed by atoms with E-state index in [0.29, 0.717) is 10.8 Å². The first-order valence-electron chi connectivity index (χ1n) is 7.44. The van der Waals surface area contributed by atoms with Crippen LogP contribution in [0.25, 0.3) is 5.69 Å². The highest BCUT2D eigenvalue weighted by atomic mass is 35.5. The zero-order chi connectivity index (χ0) is 17.8. The Morgan fingerprint density at radius 2 is 2.16 bits per heavy atom. The molecule has 25 heavy (non-hydrogen) atoms. The topological polar surface area (TPSA) is 85.6 Å². The molecule has 0 saturated heterocycles. The third-order valence-corrected chi connectivity index (χ3v) is 4.62. The third kappa shape index (κ3) is 4.15. The van der Waals surface area contributed by atoms with E-state index in [1.165, 1.54) is 11.8 Å². The Balaban J connectivity index is 1.71. The van der Waals surface area contributed by atoms with Crippen LogP contribution in [0.5, 0.6) is 0 Å². The van der Waals surface area contributed by atoms with Crippen LogP contribution in [0.1, 0.15) is 11.1 Å². The maximum absolute atomic E-state index is 12.1. The first-order chi connectivity index (χ1) is 12.0. The van der Waals surface area contributed by atoms with E-state index in [2.05, 4.69) is 25.8 Å². The number of halogens is 1. The van der Waals surface area contributed by atoms with Crippen molar-refractivity contribution in [2.24, 2.45) is 0 Å². The van der Waals surface area contributed by atoms with Gasteiger partial charge >= 0.3 is 0 Å². The number of thioether (sulfide) groups is 1. The average Bonchev–Trinajstić information content (AvgIpc) is 3.05. The van der Waals surface area contributed by atoms with Crippen molar-refractivity contribution in [1.29, 1.82) is 0 Å². The van der Waals surface area contributed by atoms with Gasteiger partial charge in [-0.3, -0.25) is 4.79 Å². The van der Waals surface area contributed by atoms with Crippen molar-refractivity contribution in [2.45, 2.75) is 19.0 Å². The molecule has 0 aliphatic rings. The molecule has 0 unspecified atom stereocenters. The number of nitrogens with zero attached hydrogens (tertiary/aromatic N) is 5. The van der Waals surface area contributed by atoms with Gasteiger partial charge in [-0.25, -0.2) is 4.98 Å². The summed E-state index contributed by atoms with van der Waals surface area (Å²) in [4.78, 5) is 16.1. The Kier molecular flexibility index (Phi) is 5.30. The number of hydrogen-bond donors (Lipinski definition) is 1. The van der Waals surface area contributed by atoms with Gasteiger partial charge in [0.15, 0.2) is 5.15 Å². The molecule has 0 aliphatic carbocycles. The van der Waals surface area contributed by atoms with Crippen molar-refractivity contribution in [3.8, 4) is 5.69 Å². The lowest BCUT2D eigenvalue weighted by molar-refractivity contribution is -0.113. The van der Waals surface area contributed by atoms with Gasteiger partial charge in [0.25, 0.3) is 0 Å². The van der Waals surface area contributed by atoms with E-state index in [4.69, 9.17) is 11.6 Å². The minimum absolute atomic E-state index is 0.149. The Morgan fingerprint density at radius 1 is 1.32 bits per heavy atom. The fourth-order valence-corrected chi connectivity index (χ4v) is 3.01. The molecule has 0 radical (unpaired) electrons. The van der Waals surface area contributed by atoms with E-state index >= 15 is 0 Å². The number of pyridine rings is 1. The fourth-order valence-electron chi connectivity index (χ4n) is 2.16. The normalized spacial score (nSPS) is 10.7. The summed E-state index contributed by atoms with van der Waals surface area (Å²) in [6.45, 7) is 3.99. The number of rotatable bonds is 5. The van der Waals surface area contributed by atoms with Gasteiger partial charge in [0.05, 0.1) is 17.1 Å². The van der Waals surface area contributed by atoms with Crippen LogP contribution < -0.4 is 5.32 Å². The second kappa shape index (κ2) is 7.62. The Morgan fingerprint density at radius 3 is 2.96 bits per heavy atom. The number of anilines is 1. The molecule has 0 bridgehead atoms. The summed E-state index contributed by atoms with van der Waals surface area (Å²) in [6.07, 6.45) is 1.56. The quantitative estimate of drug-likeness (QED) is 0.545. The van der Waals surface area contributed by atoms with E-state index in [9.17, 15) is 4.79 Å². The molecular weight excluding hydrogens is 360 g/mol. The SMILES string of the molecule is Cc1ccc(C)c(-n2nnnc2SCC(=O)Nc2cccnc2Cl)c1. The predicted octanol–water partition coefficient (Wildman–Crippen LogP) is 3.06. The van der Waals surface area contributed by atoms with Crippen molar-refractivity contribution in [2.75, 3.05) is 11.1 Å². The van der Waals surface area contributed by atoms with Crippen molar-refractivity contribution in [3.63, 3.8) is 0 Å². The molecule has 0 fully saturated rings. The van der Waals surface area contributed by atoms with Gasteiger partial charge in [0.2, 0.25) is 11.1 Å². The van der Waals surface area contributed by atoms with E-state index < -0.39 is 0 Å².